The first-order chi connectivity index (χ1) is 23.4. The minimum Gasteiger partial charge on any atom is -0.490 e. The van der Waals surface area contributed by atoms with Gasteiger partial charge in [0.2, 0.25) is 0 Å². The van der Waals surface area contributed by atoms with Crippen molar-refractivity contribution in [3.63, 3.8) is 0 Å². The highest BCUT2D eigenvalue weighted by molar-refractivity contribution is 5.81. The second-order valence-corrected chi connectivity index (χ2v) is 13.9. The maximum Gasteiger partial charge on any atom is 0.339 e. The van der Waals surface area contributed by atoms with Crippen molar-refractivity contribution in [3.05, 3.63) is 91.2 Å². The van der Waals surface area contributed by atoms with Gasteiger partial charge in [-0.25, -0.2) is 9.78 Å². The van der Waals surface area contributed by atoms with Crippen LogP contribution in [-0.2, 0) is 19.0 Å². The third-order valence-electron chi connectivity index (χ3n) is 8.81. The van der Waals surface area contributed by atoms with Crippen LogP contribution < -0.4 is 9.64 Å². The highest BCUT2D eigenvalue weighted by Crippen LogP contribution is 2.39. The number of rotatable bonds is 13. The molecule has 2 atom stereocenters. The molecule has 0 saturated carbocycles. The Morgan fingerprint density at radius 1 is 1.04 bits per heavy atom. The summed E-state index contributed by atoms with van der Waals surface area (Å²) < 4.78 is 26.0. The summed E-state index contributed by atoms with van der Waals surface area (Å²) in [6.07, 6.45) is 4.98. The molecule has 0 spiro atoms. The molecular formula is C40H50N4O5. The van der Waals surface area contributed by atoms with Gasteiger partial charge in [-0.05, 0) is 72.1 Å². The predicted octanol–water partition coefficient (Wildman–Crippen LogP) is 8.31. The standard InChI is InChI=1S/C40H50N4O5/c1-10-15-27(3)48-33-19-13-12-18-31(33)29-16-14-17-30(25-29)32-26-34-41-28(4)35(36(38(45)46-9)49-39(5,6)7)37(44(34)42-32)43-22-20-40(8,21-23-43)47-24-11-2/h10-14,16-19,25-27,36H,1-2,15,20-24H2,3-9H3/t27-,36-/m0/s1. The Hall–Kier alpha value is -4.47. The van der Waals surface area contributed by atoms with Crippen molar-refractivity contribution in [3.8, 4) is 28.1 Å². The summed E-state index contributed by atoms with van der Waals surface area (Å²) in [5.74, 6) is 1.10. The van der Waals surface area contributed by atoms with E-state index in [0.29, 0.717) is 36.6 Å². The maximum atomic E-state index is 13.4. The number of fused-ring (bicyclic) bond motifs is 1. The van der Waals surface area contributed by atoms with Gasteiger partial charge in [-0.2, -0.15) is 9.61 Å². The molecule has 0 bridgehead atoms. The molecule has 9 heteroatoms. The molecule has 9 nitrogen and oxygen atoms in total. The summed E-state index contributed by atoms with van der Waals surface area (Å²) in [5, 5.41) is 5.16. The van der Waals surface area contributed by atoms with Crippen LogP contribution in [0.15, 0.2) is 79.9 Å². The lowest BCUT2D eigenvalue weighted by Gasteiger charge is -2.41. The fourth-order valence-electron chi connectivity index (χ4n) is 6.30. The van der Waals surface area contributed by atoms with Crippen molar-refractivity contribution in [1.29, 1.82) is 0 Å². The van der Waals surface area contributed by atoms with Crippen LogP contribution in [0.25, 0.3) is 28.0 Å². The molecule has 260 valence electrons. The average Bonchev–Trinajstić information content (AvgIpc) is 3.50. The number of methoxy groups -OCH3 is 1. The predicted molar refractivity (Wildman–Crippen MR) is 195 cm³/mol. The molecule has 4 aromatic rings. The van der Waals surface area contributed by atoms with Gasteiger partial charge in [0, 0.05) is 42.4 Å². The Kier molecular flexibility index (Phi) is 10.9. The summed E-state index contributed by atoms with van der Waals surface area (Å²) in [5.41, 5.74) is 4.79. The number of ether oxygens (including phenoxy) is 4. The van der Waals surface area contributed by atoms with E-state index in [2.05, 4.69) is 43.2 Å². The lowest BCUT2D eigenvalue weighted by molar-refractivity contribution is -0.164. The van der Waals surface area contributed by atoms with Crippen molar-refractivity contribution in [1.82, 2.24) is 14.6 Å². The summed E-state index contributed by atoms with van der Waals surface area (Å²) >= 11 is 0. The van der Waals surface area contributed by atoms with E-state index in [1.807, 2.05) is 81.6 Å². The molecule has 0 aliphatic carbocycles. The number of piperidine rings is 1. The third kappa shape index (κ3) is 8.23. The Balaban J connectivity index is 1.63. The first-order valence-corrected chi connectivity index (χ1v) is 17.0. The molecule has 49 heavy (non-hydrogen) atoms. The molecule has 0 radical (unpaired) electrons. The van der Waals surface area contributed by atoms with Crippen LogP contribution in [0.2, 0.25) is 0 Å². The van der Waals surface area contributed by atoms with Crippen molar-refractivity contribution in [2.45, 2.75) is 84.2 Å². The summed E-state index contributed by atoms with van der Waals surface area (Å²) in [6, 6.07) is 18.3. The van der Waals surface area contributed by atoms with Gasteiger partial charge in [-0.3, -0.25) is 0 Å². The Morgan fingerprint density at radius 3 is 2.43 bits per heavy atom. The number of aryl methyl sites for hydroxylation is 1. The molecule has 5 rings (SSSR count). The number of esters is 1. The number of carbonyl (C=O) groups is 1. The molecule has 1 aliphatic heterocycles. The van der Waals surface area contributed by atoms with Gasteiger partial charge in [0.15, 0.2) is 11.8 Å². The van der Waals surface area contributed by atoms with Crippen molar-refractivity contribution >= 4 is 17.4 Å². The zero-order valence-electron chi connectivity index (χ0n) is 30.0. The van der Waals surface area contributed by atoms with Crippen LogP contribution in [0.4, 0.5) is 5.82 Å². The van der Waals surface area contributed by atoms with Crippen molar-refractivity contribution in [2.75, 3.05) is 31.7 Å². The number of aromatic nitrogens is 3. The van der Waals surface area contributed by atoms with E-state index in [4.69, 9.17) is 29.0 Å². The van der Waals surface area contributed by atoms with Gasteiger partial charge in [0.05, 0.1) is 42.3 Å². The van der Waals surface area contributed by atoms with Crippen LogP contribution in [0.5, 0.6) is 5.75 Å². The lowest BCUT2D eigenvalue weighted by Crippen LogP contribution is -2.45. The number of carbonyl (C=O) groups excluding carboxylic acids is 1. The molecule has 0 N–H and O–H groups in total. The average molecular weight is 667 g/mol. The van der Waals surface area contributed by atoms with E-state index >= 15 is 0 Å². The first-order valence-electron chi connectivity index (χ1n) is 17.0. The minimum atomic E-state index is -1.00. The number of hydrogen-bond donors (Lipinski definition) is 0. The molecule has 2 aromatic carbocycles. The van der Waals surface area contributed by atoms with E-state index < -0.39 is 17.7 Å². The normalized spacial score (nSPS) is 15.9. The van der Waals surface area contributed by atoms with E-state index in [1.165, 1.54) is 7.11 Å². The Bertz CT molecular complexity index is 1800. The van der Waals surface area contributed by atoms with Crippen molar-refractivity contribution in [2.24, 2.45) is 0 Å². The molecule has 0 amide bonds. The Morgan fingerprint density at radius 2 is 1.76 bits per heavy atom. The van der Waals surface area contributed by atoms with Gasteiger partial charge in [-0.15, -0.1) is 13.2 Å². The molecule has 0 unspecified atom stereocenters. The third-order valence-corrected chi connectivity index (χ3v) is 8.81. The topological polar surface area (TPSA) is 87.4 Å². The van der Waals surface area contributed by atoms with Crippen LogP contribution in [-0.4, -0.2) is 64.7 Å². The highest BCUT2D eigenvalue weighted by Gasteiger charge is 2.38. The second-order valence-electron chi connectivity index (χ2n) is 13.9. The van der Waals surface area contributed by atoms with E-state index in [-0.39, 0.29) is 11.7 Å². The fraction of sp³-hybridized carbons (Fsp3) is 0.425. The minimum absolute atomic E-state index is 0.000477. The van der Waals surface area contributed by atoms with Gasteiger partial charge in [0.1, 0.15) is 11.6 Å². The van der Waals surface area contributed by atoms with Crippen LogP contribution in [0.3, 0.4) is 0 Å². The molecule has 3 heterocycles. The second kappa shape index (κ2) is 15.0. The molecule has 1 saturated heterocycles. The summed E-state index contributed by atoms with van der Waals surface area (Å²) in [7, 11) is 1.38. The van der Waals surface area contributed by atoms with Crippen LogP contribution in [0.1, 0.15) is 71.2 Å². The largest absolute Gasteiger partial charge is 0.490 e. The number of benzene rings is 2. The number of nitrogens with zero attached hydrogens (tertiary/aromatic N) is 4. The van der Waals surface area contributed by atoms with E-state index in [0.717, 1.165) is 53.2 Å². The quantitative estimate of drug-likeness (QED) is 0.104. The number of hydrogen-bond acceptors (Lipinski definition) is 8. The van der Waals surface area contributed by atoms with E-state index in [9.17, 15) is 4.79 Å². The Labute approximate surface area is 290 Å². The molecule has 1 fully saturated rings. The SMILES string of the molecule is C=CCOC1(C)CCN(c2c([C@H](OC(C)(C)C)C(=O)OC)c(C)nc3cc(-c4cccc(-c5ccccc5O[C@@H](C)CC=C)c4)nn23)CC1. The molecular weight excluding hydrogens is 616 g/mol. The maximum absolute atomic E-state index is 13.4. The van der Waals surface area contributed by atoms with Gasteiger partial charge in [0.25, 0.3) is 0 Å². The molecule has 2 aromatic heterocycles. The smallest absolute Gasteiger partial charge is 0.339 e. The fourth-order valence-corrected chi connectivity index (χ4v) is 6.30. The lowest BCUT2D eigenvalue weighted by atomic mass is 9.92. The summed E-state index contributed by atoms with van der Waals surface area (Å²) in [6.45, 7) is 21.4. The number of para-hydroxylation sites is 1. The highest BCUT2D eigenvalue weighted by atomic mass is 16.6. The van der Waals surface area contributed by atoms with Gasteiger partial charge < -0.3 is 23.8 Å². The number of anilines is 1. The van der Waals surface area contributed by atoms with Crippen LogP contribution in [0, 0.1) is 6.92 Å². The molecule has 1 aliphatic rings. The van der Waals surface area contributed by atoms with Gasteiger partial charge in [-0.1, -0.05) is 48.6 Å². The zero-order chi connectivity index (χ0) is 35.3. The van der Waals surface area contributed by atoms with Crippen molar-refractivity contribution < 1.29 is 23.7 Å². The van der Waals surface area contributed by atoms with Gasteiger partial charge >= 0.3 is 5.97 Å². The monoisotopic (exact) mass is 666 g/mol. The first kappa shape index (κ1) is 35.8. The van der Waals surface area contributed by atoms with E-state index in [1.54, 1.807) is 6.08 Å². The summed E-state index contributed by atoms with van der Waals surface area (Å²) in [4.78, 5) is 20.6. The van der Waals surface area contributed by atoms with Crippen LogP contribution >= 0.6 is 0 Å². The zero-order valence-corrected chi connectivity index (χ0v) is 30.0.